The van der Waals surface area contributed by atoms with Crippen molar-refractivity contribution in [2.45, 2.75) is 179 Å². The van der Waals surface area contributed by atoms with Crippen LogP contribution < -0.4 is 15.5 Å². The molecule has 2 unspecified atom stereocenters. The maximum Gasteiger partial charge on any atom is 0.238 e. The van der Waals surface area contributed by atoms with E-state index >= 15 is 4.79 Å². The van der Waals surface area contributed by atoms with Gasteiger partial charge in [0.15, 0.2) is 5.82 Å². The number of pyridine rings is 1. The number of amides is 5. The zero-order chi connectivity index (χ0) is 51.0. The number of ether oxygens (including phenoxy) is 1. The topological polar surface area (TPSA) is 162 Å². The average Bonchev–Trinajstić information content (AvgIpc) is 4.07. The van der Waals surface area contributed by atoms with E-state index in [1.165, 1.54) is 19.3 Å². The third-order valence-electron chi connectivity index (χ3n) is 19.3. The molecule has 1 aromatic carbocycles. The number of benzene rings is 1. The molecule has 15 heteroatoms. The van der Waals surface area contributed by atoms with Crippen LogP contribution in [0.3, 0.4) is 0 Å². The van der Waals surface area contributed by atoms with Crippen LogP contribution in [0.4, 0.5) is 11.5 Å². The lowest BCUT2D eigenvalue weighted by atomic mass is 9.72. The minimum Gasteiger partial charge on any atom is -0.491 e. The van der Waals surface area contributed by atoms with E-state index in [1.807, 2.05) is 22.2 Å². The Balaban J connectivity index is 0.687. The lowest BCUT2D eigenvalue weighted by molar-refractivity contribution is -0.150. The summed E-state index contributed by atoms with van der Waals surface area (Å²) in [5.41, 5.74) is 5.78. The Hall–Kier alpha value is -5.57. The first-order valence-corrected chi connectivity index (χ1v) is 28.6. The van der Waals surface area contributed by atoms with Crippen LogP contribution in [0.1, 0.15) is 155 Å². The number of allylic oxidation sites excluding steroid dienone is 3. The Morgan fingerprint density at radius 2 is 1.58 bits per heavy atom. The van der Waals surface area contributed by atoms with Crippen LogP contribution in [-0.2, 0) is 34.1 Å². The van der Waals surface area contributed by atoms with Crippen LogP contribution in [0, 0.1) is 23.2 Å². The first-order valence-electron chi connectivity index (χ1n) is 28.6. The molecule has 9 aliphatic rings. The van der Waals surface area contributed by atoms with Gasteiger partial charge in [-0.1, -0.05) is 31.6 Å². The van der Waals surface area contributed by atoms with Crippen LogP contribution in [0.5, 0.6) is 0 Å². The Bertz CT molecular complexity index is 2770. The summed E-state index contributed by atoms with van der Waals surface area (Å²) in [7, 11) is 0. The number of nitrogens with zero attached hydrogens (tertiary/aromatic N) is 7. The average molecular weight is 1010 g/mol. The summed E-state index contributed by atoms with van der Waals surface area (Å²) in [6, 6.07) is 10.0. The lowest BCUT2D eigenvalue weighted by Gasteiger charge is -2.48. The standard InChI is InChI=1S/C59H77N9O6/c1-36(2)67-35-60-48-34-47(62-53(52(48)67)61-41-12-13-41)40-10-17-46-49(31-40)68(43-32-42(33-43)64-24-6-5-7-25-64)57(73)59(46)22-28-66(29-23-59)56(72)58(4)20-26-65(27-21-58)55(71)38-8-14-44(15-9-38)74-50-18-11-39(30-37(50)3)45-16-19-51(69)63-54(45)70/h10-11,17-18,31,34-36,38-39,41-45H,5-9,12-16,19-30,32-33H2,1-4H3,(H,61,62)(H,63,69,70). The van der Waals surface area contributed by atoms with Gasteiger partial charge in [0.2, 0.25) is 29.5 Å². The number of nitrogens with one attached hydrogen (secondary N) is 2. The van der Waals surface area contributed by atoms with Gasteiger partial charge in [-0.2, -0.15) is 0 Å². The molecule has 7 heterocycles. The normalized spacial score (nSPS) is 29.2. The van der Waals surface area contributed by atoms with Crippen LogP contribution in [0.2, 0.25) is 0 Å². The van der Waals surface area contributed by atoms with Gasteiger partial charge >= 0.3 is 0 Å². The van der Waals surface area contributed by atoms with Gasteiger partial charge in [-0.05, 0) is 172 Å². The van der Waals surface area contributed by atoms with Gasteiger partial charge in [-0.25, -0.2) is 9.97 Å². The van der Waals surface area contributed by atoms with Crippen molar-refractivity contribution in [2.75, 3.05) is 49.5 Å². The summed E-state index contributed by atoms with van der Waals surface area (Å²) in [4.78, 5) is 87.1. The fourth-order valence-corrected chi connectivity index (χ4v) is 14.3. The van der Waals surface area contributed by atoms with Crippen molar-refractivity contribution < 1.29 is 28.7 Å². The predicted molar refractivity (Wildman–Crippen MR) is 284 cm³/mol. The summed E-state index contributed by atoms with van der Waals surface area (Å²) < 4.78 is 8.71. The van der Waals surface area contributed by atoms with Crippen molar-refractivity contribution in [1.29, 1.82) is 0 Å². The fraction of sp³-hybridized carbons (Fsp3) is 0.644. The van der Waals surface area contributed by atoms with E-state index in [9.17, 15) is 19.2 Å². The highest BCUT2D eigenvalue weighted by Crippen LogP contribution is 2.53. The molecule has 12 rings (SSSR count). The second-order valence-electron chi connectivity index (χ2n) is 24.5. The molecular weight excluding hydrogens is 931 g/mol. The van der Waals surface area contributed by atoms with Gasteiger partial charge in [-0.15, -0.1) is 0 Å². The number of piperidine rings is 4. The monoisotopic (exact) mass is 1010 g/mol. The van der Waals surface area contributed by atoms with E-state index in [2.05, 4.69) is 83.0 Å². The Morgan fingerprint density at radius 3 is 2.27 bits per heavy atom. The molecule has 3 aromatic rings. The number of rotatable bonds is 11. The molecule has 2 aromatic heterocycles. The molecule has 0 radical (unpaired) electrons. The van der Waals surface area contributed by atoms with Gasteiger partial charge in [0.05, 0.1) is 29.1 Å². The van der Waals surface area contributed by atoms with Gasteiger partial charge < -0.3 is 34.2 Å². The molecule has 2 atom stereocenters. The van der Waals surface area contributed by atoms with Crippen molar-refractivity contribution in [2.24, 2.45) is 23.2 Å². The fourth-order valence-electron chi connectivity index (χ4n) is 14.3. The minimum absolute atomic E-state index is 0.0392. The molecule has 5 amide bonds. The van der Waals surface area contributed by atoms with Crippen molar-refractivity contribution in [1.82, 2.24) is 34.6 Å². The molecule has 394 valence electrons. The van der Waals surface area contributed by atoms with E-state index in [4.69, 9.17) is 14.7 Å². The molecule has 4 saturated heterocycles. The van der Waals surface area contributed by atoms with Crippen LogP contribution in [0.15, 0.2) is 54.1 Å². The number of aromatic nitrogens is 3. The highest BCUT2D eigenvalue weighted by Gasteiger charge is 2.57. The number of anilines is 2. The molecule has 7 fully saturated rings. The number of hydrogen-bond donors (Lipinski definition) is 2. The van der Waals surface area contributed by atoms with Crippen molar-refractivity contribution in [3.63, 3.8) is 0 Å². The van der Waals surface area contributed by atoms with Crippen molar-refractivity contribution in [3.05, 3.63) is 59.6 Å². The number of fused-ring (bicyclic) bond motifs is 3. The second kappa shape index (κ2) is 19.5. The van der Waals surface area contributed by atoms with Crippen molar-refractivity contribution in [3.8, 4) is 11.3 Å². The van der Waals surface area contributed by atoms with E-state index < -0.39 is 10.8 Å². The zero-order valence-electron chi connectivity index (χ0n) is 44.2. The summed E-state index contributed by atoms with van der Waals surface area (Å²) in [5, 5.41) is 6.20. The Kier molecular flexibility index (Phi) is 13.0. The summed E-state index contributed by atoms with van der Waals surface area (Å²) >= 11 is 0. The van der Waals surface area contributed by atoms with Crippen LogP contribution >= 0.6 is 0 Å². The molecule has 2 N–H and O–H groups in total. The molecular formula is C59H77N9O6. The third kappa shape index (κ3) is 9.03. The maximum atomic E-state index is 15.3. The maximum absolute atomic E-state index is 15.3. The van der Waals surface area contributed by atoms with E-state index in [-0.39, 0.29) is 65.5 Å². The SMILES string of the molecule is CC1=C(OC2CCC(C(=O)N3CCC(C)(C(=O)N4CCC5(CC4)C(=O)N(C4CC(N6CCCCC6)C4)c4cc(-c6cc7ncn(C(C)C)c7c(NC7CC7)n6)ccc45)CC3)CC2)C=CC(C2CCC(=O)NC2=O)C1. The molecule has 15 nitrogen and oxygen atoms in total. The highest BCUT2D eigenvalue weighted by molar-refractivity contribution is 6.09. The Labute approximate surface area is 436 Å². The van der Waals surface area contributed by atoms with Gasteiger partial charge in [0.1, 0.15) is 11.3 Å². The molecule has 4 aliphatic carbocycles. The minimum atomic E-state index is -0.683. The smallest absolute Gasteiger partial charge is 0.238 e. The molecule has 3 saturated carbocycles. The molecule has 5 aliphatic heterocycles. The third-order valence-corrected chi connectivity index (χ3v) is 19.3. The van der Waals surface area contributed by atoms with Gasteiger partial charge in [0, 0.05) is 85.3 Å². The first kappa shape index (κ1) is 49.3. The van der Waals surface area contributed by atoms with E-state index in [1.54, 1.807) is 0 Å². The van der Waals surface area contributed by atoms with E-state index in [0.717, 1.165) is 122 Å². The molecule has 0 bridgehead atoms. The summed E-state index contributed by atoms with van der Waals surface area (Å²) in [6.45, 7) is 13.0. The number of likely N-dealkylation sites (tertiary alicyclic amines) is 3. The number of hydrogen-bond acceptors (Lipinski definition) is 10. The van der Waals surface area contributed by atoms with E-state index in [0.29, 0.717) is 76.8 Å². The summed E-state index contributed by atoms with van der Waals surface area (Å²) in [6.07, 6.45) is 21.4. The van der Waals surface area contributed by atoms with Crippen LogP contribution in [-0.4, -0.2) is 122 Å². The van der Waals surface area contributed by atoms with Crippen LogP contribution in [0.25, 0.3) is 22.3 Å². The Morgan fingerprint density at radius 1 is 0.851 bits per heavy atom. The molecule has 1 spiro atoms. The van der Waals surface area contributed by atoms with Gasteiger partial charge in [0.25, 0.3) is 0 Å². The van der Waals surface area contributed by atoms with Crippen molar-refractivity contribution >= 4 is 52.1 Å². The van der Waals surface area contributed by atoms with Gasteiger partial charge in [-0.3, -0.25) is 29.3 Å². The zero-order valence-corrected chi connectivity index (χ0v) is 44.2. The number of carbonyl (C=O) groups is 5. The first-order chi connectivity index (χ1) is 35.7. The number of carbonyl (C=O) groups excluding carboxylic acids is 5. The molecule has 74 heavy (non-hydrogen) atoms. The lowest BCUT2D eigenvalue weighted by Crippen LogP contribution is -2.59. The largest absolute Gasteiger partial charge is 0.491 e. The second-order valence-corrected chi connectivity index (χ2v) is 24.5. The number of imidazole rings is 1. The summed E-state index contributed by atoms with van der Waals surface area (Å²) in [5.74, 6) is 1.75. The number of imide groups is 1. The predicted octanol–water partition coefficient (Wildman–Crippen LogP) is 8.58. The highest BCUT2D eigenvalue weighted by atomic mass is 16.5. The quantitative estimate of drug-likeness (QED) is 0.178.